The summed E-state index contributed by atoms with van der Waals surface area (Å²) in [6, 6.07) is 5.20. The zero-order valence-corrected chi connectivity index (χ0v) is 20.8. The number of amides is 2. The number of carboxylic acids is 1. The molecule has 0 radical (unpaired) electrons. The Hall–Kier alpha value is -2.21. The molecule has 1 unspecified atom stereocenters. The van der Waals surface area contributed by atoms with Crippen molar-refractivity contribution in [1.29, 1.82) is 0 Å². The first-order valence-corrected chi connectivity index (χ1v) is 12.5. The summed E-state index contributed by atoms with van der Waals surface area (Å²) in [5.41, 5.74) is 1.74. The van der Waals surface area contributed by atoms with Gasteiger partial charge in [0.05, 0.1) is 17.7 Å². The minimum atomic E-state index is -0.860. The molecule has 2 amide bonds. The summed E-state index contributed by atoms with van der Waals surface area (Å²) in [5, 5.41) is 12.5. The molecule has 1 saturated carbocycles. The van der Waals surface area contributed by atoms with E-state index in [1.807, 2.05) is 24.4 Å². The summed E-state index contributed by atoms with van der Waals surface area (Å²) < 4.78 is 5.99. The fourth-order valence-electron chi connectivity index (χ4n) is 4.67. The highest BCUT2D eigenvalue weighted by Gasteiger charge is 2.34. The highest BCUT2D eigenvalue weighted by molar-refractivity contribution is 6.32. The molecule has 1 aliphatic carbocycles. The van der Waals surface area contributed by atoms with Crippen molar-refractivity contribution in [2.45, 2.75) is 78.2 Å². The molecule has 2 N–H and O–H groups in total. The van der Waals surface area contributed by atoms with Gasteiger partial charge in [-0.1, -0.05) is 70.5 Å². The molecule has 1 heterocycles. The van der Waals surface area contributed by atoms with Crippen LogP contribution in [0.3, 0.4) is 0 Å². The molecule has 33 heavy (non-hydrogen) atoms. The Kier molecular flexibility index (Phi) is 8.69. The summed E-state index contributed by atoms with van der Waals surface area (Å²) >= 11 is 6.57. The number of carboxylic acid groups (broad SMARTS) is 1. The van der Waals surface area contributed by atoms with Crippen LogP contribution in [-0.4, -0.2) is 35.2 Å². The van der Waals surface area contributed by atoms with Crippen LogP contribution >= 0.6 is 11.6 Å². The average molecular weight is 477 g/mol. The molecule has 6 nitrogen and oxygen atoms in total. The molecule has 0 aromatic heterocycles. The average Bonchev–Trinajstić information content (AvgIpc) is 2.75. The van der Waals surface area contributed by atoms with Gasteiger partial charge in [-0.25, -0.2) is 4.79 Å². The molecule has 1 aromatic rings. The number of carbonyl (C=O) groups excluding carboxylic acids is 1. The molecule has 3 rings (SSSR count). The van der Waals surface area contributed by atoms with E-state index in [0.29, 0.717) is 30.3 Å². The number of halogens is 1. The van der Waals surface area contributed by atoms with Crippen LogP contribution in [0.15, 0.2) is 30.0 Å². The van der Waals surface area contributed by atoms with Crippen LogP contribution in [0.4, 0.5) is 4.79 Å². The van der Waals surface area contributed by atoms with Crippen molar-refractivity contribution in [1.82, 2.24) is 10.2 Å². The first-order valence-electron chi connectivity index (χ1n) is 12.1. The van der Waals surface area contributed by atoms with Crippen molar-refractivity contribution in [3.8, 4) is 5.75 Å². The highest BCUT2D eigenvalue weighted by Crippen LogP contribution is 2.40. The zero-order chi connectivity index (χ0) is 24.0. The highest BCUT2D eigenvalue weighted by atomic mass is 35.5. The van der Waals surface area contributed by atoms with Crippen LogP contribution in [0.1, 0.15) is 83.7 Å². The van der Waals surface area contributed by atoms with E-state index in [-0.39, 0.29) is 23.9 Å². The first kappa shape index (κ1) is 25.4. The maximum absolute atomic E-state index is 12.7. The number of ether oxygens (including phenoxy) is 1. The monoisotopic (exact) mass is 476 g/mol. The van der Waals surface area contributed by atoms with Crippen LogP contribution in [0, 0.1) is 11.3 Å². The van der Waals surface area contributed by atoms with E-state index in [2.05, 4.69) is 26.1 Å². The number of carbonyl (C=O) groups is 2. The lowest BCUT2D eigenvalue weighted by Crippen LogP contribution is -2.46. The third kappa shape index (κ3) is 7.13. The molecule has 1 atom stereocenters. The Morgan fingerprint density at radius 3 is 2.61 bits per heavy atom. The Labute approximate surface area is 202 Å². The lowest BCUT2D eigenvalue weighted by atomic mass is 9.79. The largest absolute Gasteiger partial charge is 0.492 e. The normalized spacial score (nSPS) is 19.8. The van der Waals surface area contributed by atoms with Crippen LogP contribution in [0.5, 0.6) is 5.75 Å². The predicted octanol–water partition coefficient (Wildman–Crippen LogP) is 6.55. The molecule has 7 heteroatoms. The minimum Gasteiger partial charge on any atom is -0.492 e. The van der Waals surface area contributed by atoms with E-state index in [1.165, 1.54) is 32.1 Å². The van der Waals surface area contributed by atoms with E-state index < -0.39 is 5.97 Å². The van der Waals surface area contributed by atoms with Crippen molar-refractivity contribution in [2.24, 2.45) is 11.3 Å². The molecule has 0 spiro atoms. The summed E-state index contributed by atoms with van der Waals surface area (Å²) in [6.45, 7) is 7.33. The summed E-state index contributed by atoms with van der Waals surface area (Å²) in [7, 11) is 0. The second-order valence-corrected chi connectivity index (χ2v) is 10.6. The smallest absolute Gasteiger partial charge is 0.322 e. The van der Waals surface area contributed by atoms with Gasteiger partial charge < -0.3 is 20.1 Å². The van der Waals surface area contributed by atoms with Crippen molar-refractivity contribution in [3.05, 3.63) is 40.6 Å². The fraction of sp³-hybridized carbons (Fsp3) is 0.615. The quantitative estimate of drug-likeness (QED) is 0.423. The molecular weight excluding hydrogens is 440 g/mol. The number of hydrogen-bond donors (Lipinski definition) is 2. The lowest BCUT2D eigenvalue weighted by Gasteiger charge is -2.38. The van der Waals surface area contributed by atoms with Gasteiger partial charge in [0.1, 0.15) is 5.75 Å². The van der Waals surface area contributed by atoms with Crippen molar-refractivity contribution < 1.29 is 19.4 Å². The molecule has 182 valence electrons. The number of nitrogens with zero attached hydrogens (tertiary/aromatic N) is 1. The molecule has 0 saturated heterocycles. The van der Waals surface area contributed by atoms with E-state index in [4.69, 9.17) is 21.4 Å². The van der Waals surface area contributed by atoms with Gasteiger partial charge in [-0.3, -0.25) is 4.79 Å². The maximum Gasteiger partial charge on any atom is 0.322 e. The van der Waals surface area contributed by atoms with Gasteiger partial charge in [-0.2, -0.15) is 0 Å². The number of urea groups is 1. The Morgan fingerprint density at radius 2 is 1.97 bits per heavy atom. The Bertz CT molecular complexity index is 872. The van der Waals surface area contributed by atoms with E-state index >= 15 is 0 Å². The topological polar surface area (TPSA) is 78.9 Å². The van der Waals surface area contributed by atoms with Crippen molar-refractivity contribution in [3.63, 3.8) is 0 Å². The number of benzene rings is 1. The van der Waals surface area contributed by atoms with Crippen molar-refractivity contribution in [2.75, 3.05) is 13.2 Å². The van der Waals surface area contributed by atoms with E-state index in [9.17, 15) is 9.59 Å². The zero-order valence-electron chi connectivity index (χ0n) is 20.0. The van der Waals surface area contributed by atoms with Gasteiger partial charge in [-0.05, 0) is 47.4 Å². The standard InChI is InChI=1S/C26H37ClN2O4/c1-26(2,3)20-17-29(14-7-10-23(30)31)25(32)28-24(20)19-11-12-22(21(27)16-19)33-15-13-18-8-5-4-6-9-18/h11-12,16-18,24H,4-10,13-15H2,1-3H3,(H,28,32)(H,30,31). The van der Waals surface area contributed by atoms with Crippen LogP contribution in [-0.2, 0) is 4.79 Å². The molecule has 0 bridgehead atoms. The van der Waals surface area contributed by atoms with Crippen molar-refractivity contribution >= 4 is 23.6 Å². The van der Waals surface area contributed by atoms with Gasteiger partial charge in [0.2, 0.25) is 0 Å². The molecule has 1 fully saturated rings. The van der Waals surface area contributed by atoms with Gasteiger partial charge in [0.15, 0.2) is 0 Å². The second kappa shape index (κ2) is 11.3. The maximum atomic E-state index is 12.7. The van der Waals surface area contributed by atoms with Gasteiger partial charge in [0, 0.05) is 19.2 Å². The van der Waals surface area contributed by atoms with Crippen LogP contribution < -0.4 is 10.1 Å². The number of aliphatic carboxylic acids is 1. The Morgan fingerprint density at radius 1 is 1.24 bits per heavy atom. The van der Waals surface area contributed by atoms with Crippen LogP contribution in [0.2, 0.25) is 5.02 Å². The predicted molar refractivity (Wildman–Crippen MR) is 131 cm³/mol. The number of hydrogen-bond acceptors (Lipinski definition) is 3. The SMILES string of the molecule is CC(C)(C)C1=CN(CCCC(=O)O)C(=O)NC1c1ccc(OCCC2CCCCC2)c(Cl)c1. The van der Waals surface area contributed by atoms with Gasteiger partial charge in [-0.15, -0.1) is 0 Å². The number of nitrogens with one attached hydrogen (secondary N) is 1. The third-order valence-corrected chi connectivity index (χ3v) is 6.88. The molecule has 2 aliphatic rings. The summed E-state index contributed by atoms with van der Waals surface area (Å²) in [6.07, 6.45) is 9.97. The van der Waals surface area contributed by atoms with Gasteiger partial charge in [0.25, 0.3) is 0 Å². The van der Waals surface area contributed by atoms with E-state index in [1.54, 1.807) is 4.90 Å². The summed E-state index contributed by atoms with van der Waals surface area (Å²) in [4.78, 5) is 25.1. The summed E-state index contributed by atoms with van der Waals surface area (Å²) in [5.74, 6) is 0.572. The number of rotatable bonds is 9. The molecule has 1 aromatic carbocycles. The Balaban J connectivity index is 1.70. The van der Waals surface area contributed by atoms with E-state index in [0.717, 1.165) is 23.5 Å². The third-order valence-electron chi connectivity index (χ3n) is 6.59. The first-order chi connectivity index (χ1) is 15.6. The molecular formula is C26H37ClN2O4. The second-order valence-electron chi connectivity index (χ2n) is 10.2. The lowest BCUT2D eigenvalue weighted by molar-refractivity contribution is -0.137. The van der Waals surface area contributed by atoms with Gasteiger partial charge >= 0.3 is 12.0 Å². The fourth-order valence-corrected chi connectivity index (χ4v) is 4.91. The minimum absolute atomic E-state index is 0.0315. The molecule has 1 aliphatic heterocycles. The van der Waals surface area contributed by atoms with Crippen LogP contribution in [0.25, 0.3) is 0 Å².